The number of nitrogens with two attached hydrogens (primary N) is 1. The van der Waals surface area contributed by atoms with Crippen LogP contribution in [0.2, 0.25) is 0 Å². The van der Waals surface area contributed by atoms with Gasteiger partial charge in [0.05, 0.1) is 11.7 Å². The Labute approximate surface area is 127 Å². The van der Waals surface area contributed by atoms with E-state index in [0.717, 1.165) is 5.56 Å². The number of hydrogen-bond donors (Lipinski definition) is 2. The van der Waals surface area contributed by atoms with Crippen molar-refractivity contribution in [1.82, 2.24) is 15.1 Å². The first-order valence-electron chi connectivity index (χ1n) is 7.25. The van der Waals surface area contributed by atoms with Crippen LogP contribution in [-0.4, -0.2) is 34.1 Å². The van der Waals surface area contributed by atoms with Crippen LogP contribution >= 0.6 is 0 Å². The maximum atomic E-state index is 11.8. The summed E-state index contributed by atoms with van der Waals surface area (Å²) in [6, 6.07) is -0.169. The summed E-state index contributed by atoms with van der Waals surface area (Å²) >= 11 is 0. The molecule has 0 aliphatic carbocycles. The maximum absolute atomic E-state index is 11.8. The first-order chi connectivity index (χ1) is 9.51. The lowest BCUT2D eigenvalue weighted by Crippen LogP contribution is -2.44. The van der Waals surface area contributed by atoms with E-state index in [4.69, 9.17) is 10.5 Å². The van der Waals surface area contributed by atoms with E-state index < -0.39 is 11.7 Å². The average Bonchev–Trinajstić information content (AvgIpc) is 2.73. The van der Waals surface area contributed by atoms with Crippen molar-refractivity contribution in [1.29, 1.82) is 0 Å². The molecule has 0 spiro atoms. The van der Waals surface area contributed by atoms with Gasteiger partial charge in [0.2, 0.25) is 0 Å². The van der Waals surface area contributed by atoms with Gasteiger partial charge in [0.25, 0.3) is 0 Å². The highest BCUT2D eigenvalue weighted by atomic mass is 16.6. The van der Waals surface area contributed by atoms with E-state index in [1.165, 1.54) is 0 Å². The Morgan fingerprint density at radius 3 is 2.43 bits per heavy atom. The SMILES string of the molecule is CC(C)(C)OC(=O)NC(CN)Cc1cnn(C(C)(C)C)c1. The van der Waals surface area contributed by atoms with Gasteiger partial charge < -0.3 is 15.8 Å². The lowest BCUT2D eigenvalue weighted by molar-refractivity contribution is 0.0506. The van der Waals surface area contributed by atoms with E-state index in [2.05, 4.69) is 31.2 Å². The zero-order valence-electron chi connectivity index (χ0n) is 13.9. The minimum Gasteiger partial charge on any atom is -0.444 e. The Morgan fingerprint density at radius 2 is 2.00 bits per heavy atom. The number of alkyl carbamates (subject to hydrolysis) is 1. The van der Waals surface area contributed by atoms with Gasteiger partial charge >= 0.3 is 6.09 Å². The fourth-order valence-corrected chi connectivity index (χ4v) is 1.78. The van der Waals surface area contributed by atoms with Crippen LogP contribution in [0.15, 0.2) is 12.4 Å². The molecule has 1 aromatic heterocycles. The third-order valence-corrected chi connectivity index (χ3v) is 2.81. The Balaban J connectivity index is 2.62. The predicted molar refractivity (Wildman–Crippen MR) is 83.1 cm³/mol. The number of ether oxygens (including phenoxy) is 1. The minimum atomic E-state index is -0.514. The molecule has 0 saturated carbocycles. The van der Waals surface area contributed by atoms with Gasteiger partial charge in [0, 0.05) is 18.8 Å². The van der Waals surface area contributed by atoms with Crippen molar-refractivity contribution >= 4 is 6.09 Å². The number of rotatable bonds is 4. The smallest absolute Gasteiger partial charge is 0.407 e. The van der Waals surface area contributed by atoms with Crippen LogP contribution in [0.1, 0.15) is 47.1 Å². The van der Waals surface area contributed by atoms with Crippen molar-refractivity contribution in [3.8, 4) is 0 Å². The molecule has 1 heterocycles. The number of carbonyl (C=O) groups is 1. The Morgan fingerprint density at radius 1 is 1.38 bits per heavy atom. The summed E-state index contributed by atoms with van der Waals surface area (Å²) in [5.74, 6) is 0. The molecule has 1 unspecified atom stereocenters. The maximum Gasteiger partial charge on any atom is 0.407 e. The molecule has 0 aliphatic heterocycles. The normalized spacial score (nSPS) is 13.9. The summed E-state index contributed by atoms with van der Waals surface area (Å²) in [6.07, 6.45) is 3.98. The fraction of sp³-hybridized carbons (Fsp3) is 0.733. The van der Waals surface area contributed by atoms with Crippen LogP contribution < -0.4 is 11.1 Å². The fourth-order valence-electron chi connectivity index (χ4n) is 1.78. The predicted octanol–water partition coefficient (Wildman–Crippen LogP) is 2.03. The lowest BCUT2D eigenvalue weighted by atomic mass is 10.1. The van der Waals surface area contributed by atoms with Gasteiger partial charge in [-0.1, -0.05) is 0 Å². The van der Waals surface area contributed by atoms with Crippen molar-refractivity contribution in [3.05, 3.63) is 18.0 Å². The van der Waals surface area contributed by atoms with Gasteiger partial charge in [-0.3, -0.25) is 4.68 Å². The van der Waals surface area contributed by atoms with Crippen LogP contribution in [0.3, 0.4) is 0 Å². The number of amides is 1. The van der Waals surface area contributed by atoms with Crippen LogP contribution in [0.5, 0.6) is 0 Å². The van der Waals surface area contributed by atoms with Crippen molar-refractivity contribution in [2.75, 3.05) is 6.54 Å². The summed E-state index contributed by atoms with van der Waals surface area (Å²) in [5, 5.41) is 7.14. The first kappa shape index (κ1) is 17.5. The standard InChI is InChI=1S/C15H28N4O2/c1-14(2,3)19-10-11(9-17-19)7-12(8-16)18-13(20)21-15(4,5)6/h9-10,12H,7-8,16H2,1-6H3,(H,18,20). The van der Waals surface area contributed by atoms with Gasteiger partial charge in [-0.05, 0) is 53.5 Å². The Hall–Kier alpha value is -1.56. The van der Waals surface area contributed by atoms with Gasteiger partial charge in [-0.15, -0.1) is 0 Å². The summed E-state index contributed by atoms with van der Waals surface area (Å²) in [7, 11) is 0. The number of aromatic nitrogens is 2. The average molecular weight is 296 g/mol. The number of nitrogens with one attached hydrogen (secondary N) is 1. The molecule has 6 nitrogen and oxygen atoms in total. The molecule has 120 valence electrons. The van der Waals surface area contributed by atoms with Crippen LogP contribution in [0.25, 0.3) is 0 Å². The summed E-state index contributed by atoms with van der Waals surface area (Å²) in [6.45, 7) is 12.1. The summed E-state index contributed by atoms with van der Waals surface area (Å²) in [5.41, 5.74) is 6.19. The molecule has 1 aromatic rings. The topological polar surface area (TPSA) is 82.2 Å². The van der Waals surface area contributed by atoms with Crippen molar-refractivity contribution < 1.29 is 9.53 Å². The van der Waals surface area contributed by atoms with E-state index in [-0.39, 0.29) is 11.6 Å². The van der Waals surface area contributed by atoms with Crippen molar-refractivity contribution in [2.45, 2.75) is 65.1 Å². The molecule has 3 N–H and O–H groups in total. The Kier molecular flexibility index (Phi) is 5.39. The second-order valence-corrected chi connectivity index (χ2v) is 7.25. The molecule has 0 aliphatic rings. The van der Waals surface area contributed by atoms with Crippen LogP contribution in [-0.2, 0) is 16.7 Å². The van der Waals surface area contributed by atoms with Crippen molar-refractivity contribution in [3.63, 3.8) is 0 Å². The first-order valence-corrected chi connectivity index (χ1v) is 7.25. The molecule has 0 radical (unpaired) electrons. The van der Waals surface area contributed by atoms with Crippen LogP contribution in [0, 0.1) is 0 Å². The summed E-state index contributed by atoms with van der Waals surface area (Å²) < 4.78 is 7.15. The van der Waals surface area contributed by atoms with Gasteiger partial charge in [0.1, 0.15) is 5.60 Å². The zero-order valence-corrected chi connectivity index (χ0v) is 13.9. The molecular formula is C15H28N4O2. The van der Waals surface area contributed by atoms with Gasteiger partial charge in [-0.2, -0.15) is 5.10 Å². The monoisotopic (exact) mass is 296 g/mol. The zero-order chi connectivity index (χ0) is 16.3. The minimum absolute atomic E-state index is 0.0605. The van der Waals surface area contributed by atoms with Gasteiger partial charge in [0.15, 0.2) is 0 Å². The van der Waals surface area contributed by atoms with E-state index in [9.17, 15) is 4.79 Å². The molecular weight excluding hydrogens is 268 g/mol. The highest BCUT2D eigenvalue weighted by Crippen LogP contribution is 2.14. The molecule has 0 aromatic carbocycles. The largest absolute Gasteiger partial charge is 0.444 e. The second-order valence-electron chi connectivity index (χ2n) is 7.25. The molecule has 0 saturated heterocycles. The number of nitrogens with zero attached hydrogens (tertiary/aromatic N) is 2. The molecule has 1 rings (SSSR count). The van der Waals surface area contributed by atoms with Crippen molar-refractivity contribution in [2.24, 2.45) is 5.73 Å². The molecule has 1 amide bonds. The second kappa shape index (κ2) is 6.47. The number of carbonyl (C=O) groups excluding carboxylic acids is 1. The van der Waals surface area contributed by atoms with E-state index in [0.29, 0.717) is 13.0 Å². The highest BCUT2D eigenvalue weighted by molar-refractivity contribution is 5.68. The molecule has 21 heavy (non-hydrogen) atoms. The van der Waals surface area contributed by atoms with E-state index >= 15 is 0 Å². The molecule has 0 fully saturated rings. The molecule has 6 heteroatoms. The number of hydrogen-bond acceptors (Lipinski definition) is 4. The highest BCUT2D eigenvalue weighted by Gasteiger charge is 2.20. The quantitative estimate of drug-likeness (QED) is 0.890. The van der Waals surface area contributed by atoms with E-state index in [1.807, 2.05) is 37.8 Å². The third kappa shape index (κ3) is 6.16. The Bertz CT molecular complexity index is 469. The van der Waals surface area contributed by atoms with E-state index in [1.54, 1.807) is 0 Å². The lowest BCUT2D eigenvalue weighted by Gasteiger charge is -2.23. The van der Waals surface area contributed by atoms with Gasteiger partial charge in [-0.25, -0.2) is 4.79 Å². The third-order valence-electron chi connectivity index (χ3n) is 2.81. The molecule has 0 bridgehead atoms. The summed E-state index contributed by atoms with van der Waals surface area (Å²) in [4.78, 5) is 11.8. The molecule has 1 atom stereocenters. The van der Waals surface area contributed by atoms with Crippen LogP contribution in [0.4, 0.5) is 4.79 Å².